The minimum Gasteiger partial charge on any atom is -0.389 e. The lowest BCUT2D eigenvalue weighted by molar-refractivity contribution is 0.198. The summed E-state index contributed by atoms with van der Waals surface area (Å²) in [5.74, 6) is 0.920. The molecule has 2 nitrogen and oxygen atoms in total. The standard InChI is InChI=1S/C16H19NOS/c1-11-6-12(2)8-14(7-11)10-19-16-5-4-15(9-17-16)13(3)18/h4-9,13,18H,10H2,1-3H3/t13-/m1/s1. The average Bonchev–Trinajstić information content (AvgIpc) is 2.36. The lowest BCUT2D eigenvalue weighted by Crippen LogP contribution is -1.92. The van der Waals surface area contributed by atoms with Gasteiger partial charge in [0, 0.05) is 11.9 Å². The SMILES string of the molecule is Cc1cc(C)cc(CSc2ccc([C@@H](C)O)cn2)c1. The molecule has 100 valence electrons. The zero-order valence-electron chi connectivity index (χ0n) is 11.6. The van der Waals surface area contributed by atoms with Crippen molar-refractivity contribution in [2.75, 3.05) is 0 Å². The van der Waals surface area contributed by atoms with Crippen LogP contribution in [-0.4, -0.2) is 10.1 Å². The Morgan fingerprint density at radius 3 is 2.37 bits per heavy atom. The molecule has 2 aromatic rings. The maximum Gasteiger partial charge on any atom is 0.0963 e. The van der Waals surface area contributed by atoms with Crippen molar-refractivity contribution in [3.05, 3.63) is 58.8 Å². The molecule has 1 atom stereocenters. The first-order chi connectivity index (χ1) is 9.04. The zero-order chi connectivity index (χ0) is 13.8. The molecule has 0 radical (unpaired) electrons. The Bertz CT molecular complexity index is 529. The third-order valence-corrected chi connectivity index (χ3v) is 3.92. The highest BCUT2D eigenvalue weighted by Gasteiger charge is 2.03. The number of pyridine rings is 1. The number of aliphatic hydroxyl groups excluding tert-OH is 1. The van der Waals surface area contributed by atoms with E-state index in [1.807, 2.05) is 12.1 Å². The van der Waals surface area contributed by atoms with Gasteiger partial charge in [0.05, 0.1) is 11.1 Å². The molecular weight excluding hydrogens is 254 g/mol. The minimum atomic E-state index is -0.453. The van der Waals surface area contributed by atoms with Crippen molar-refractivity contribution < 1.29 is 5.11 Å². The Balaban J connectivity index is 2.02. The summed E-state index contributed by atoms with van der Waals surface area (Å²) < 4.78 is 0. The van der Waals surface area contributed by atoms with Crippen molar-refractivity contribution in [2.24, 2.45) is 0 Å². The molecule has 1 aromatic heterocycles. The zero-order valence-corrected chi connectivity index (χ0v) is 12.4. The number of aliphatic hydroxyl groups is 1. The van der Waals surface area contributed by atoms with Crippen LogP contribution in [0.25, 0.3) is 0 Å². The highest BCUT2D eigenvalue weighted by atomic mass is 32.2. The van der Waals surface area contributed by atoms with E-state index in [2.05, 4.69) is 37.0 Å². The highest BCUT2D eigenvalue weighted by molar-refractivity contribution is 7.98. The van der Waals surface area contributed by atoms with Crippen molar-refractivity contribution in [3.8, 4) is 0 Å². The summed E-state index contributed by atoms with van der Waals surface area (Å²) in [4.78, 5) is 4.36. The second kappa shape index (κ2) is 6.22. The fourth-order valence-corrected chi connectivity index (χ4v) is 2.81. The predicted molar refractivity (Wildman–Crippen MR) is 80.3 cm³/mol. The van der Waals surface area contributed by atoms with Crippen LogP contribution < -0.4 is 0 Å². The third-order valence-electron chi connectivity index (χ3n) is 2.91. The number of thioether (sulfide) groups is 1. The van der Waals surface area contributed by atoms with E-state index in [1.165, 1.54) is 16.7 Å². The smallest absolute Gasteiger partial charge is 0.0963 e. The molecule has 0 aliphatic carbocycles. The molecule has 0 saturated carbocycles. The summed E-state index contributed by atoms with van der Waals surface area (Å²) in [5.41, 5.74) is 4.78. The fourth-order valence-electron chi connectivity index (χ4n) is 2.03. The average molecular weight is 273 g/mol. The molecule has 0 fully saturated rings. The van der Waals surface area contributed by atoms with E-state index in [9.17, 15) is 5.11 Å². The Labute approximate surface area is 118 Å². The lowest BCUT2D eigenvalue weighted by atomic mass is 10.1. The van der Waals surface area contributed by atoms with Crippen LogP contribution in [0.2, 0.25) is 0 Å². The summed E-state index contributed by atoms with van der Waals surface area (Å²) >= 11 is 1.72. The van der Waals surface area contributed by atoms with Gasteiger partial charge in [-0.05, 0) is 38.0 Å². The van der Waals surface area contributed by atoms with Gasteiger partial charge in [0.1, 0.15) is 0 Å². The van der Waals surface area contributed by atoms with Crippen molar-refractivity contribution in [2.45, 2.75) is 37.7 Å². The normalized spacial score (nSPS) is 12.4. The number of hydrogen-bond acceptors (Lipinski definition) is 3. The maximum atomic E-state index is 9.44. The van der Waals surface area contributed by atoms with Crippen LogP contribution in [0.4, 0.5) is 0 Å². The summed E-state index contributed by atoms with van der Waals surface area (Å²) in [6, 6.07) is 10.5. The molecule has 2 rings (SSSR count). The van der Waals surface area contributed by atoms with Gasteiger partial charge in [0.15, 0.2) is 0 Å². The first-order valence-electron chi connectivity index (χ1n) is 6.38. The second-order valence-corrected chi connectivity index (χ2v) is 5.89. The van der Waals surface area contributed by atoms with Gasteiger partial charge in [-0.3, -0.25) is 0 Å². The Kier molecular flexibility index (Phi) is 4.61. The van der Waals surface area contributed by atoms with Gasteiger partial charge in [-0.1, -0.05) is 35.4 Å². The number of rotatable bonds is 4. The van der Waals surface area contributed by atoms with E-state index in [4.69, 9.17) is 0 Å². The monoisotopic (exact) mass is 273 g/mol. The van der Waals surface area contributed by atoms with Crippen LogP contribution in [0.3, 0.4) is 0 Å². The lowest BCUT2D eigenvalue weighted by Gasteiger charge is -2.06. The predicted octanol–water partition coefficient (Wildman–Crippen LogP) is 4.04. The third kappa shape index (κ3) is 4.08. The second-order valence-electron chi connectivity index (χ2n) is 4.89. The first kappa shape index (κ1) is 14.1. The summed E-state index contributed by atoms with van der Waals surface area (Å²) in [6.45, 7) is 5.99. The quantitative estimate of drug-likeness (QED) is 0.853. The number of aromatic nitrogens is 1. The largest absolute Gasteiger partial charge is 0.389 e. The molecule has 0 unspecified atom stereocenters. The molecule has 1 aromatic carbocycles. The van der Waals surface area contributed by atoms with Crippen molar-refractivity contribution in [3.63, 3.8) is 0 Å². The first-order valence-corrected chi connectivity index (χ1v) is 7.37. The van der Waals surface area contributed by atoms with E-state index < -0.39 is 6.10 Å². The summed E-state index contributed by atoms with van der Waals surface area (Å²) in [6.07, 6.45) is 1.29. The van der Waals surface area contributed by atoms with Crippen LogP contribution in [0.15, 0.2) is 41.6 Å². The van der Waals surface area contributed by atoms with Gasteiger partial charge < -0.3 is 5.11 Å². The van der Waals surface area contributed by atoms with Gasteiger partial charge >= 0.3 is 0 Å². The van der Waals surface area contributed by atoms with Crippen molar-refractivity contribution in [1.29, 1.82) is 0 Å². The Morgan fingerprint density at radius 2 is 1.84 bits per heavy atom. The van der Waals surface area contributed by atoms with Gasteiger partial charge in [0.25, 0.3) is 0 Å². The van der Waals surface area contributed by atoms with Crippen LogP contribution in [-0.2, 0) is 5.75 Å². The molecule has 0 bridgehead atoms. The molecule has 0 spiro atoms. The van der Waals surface area contributed by atoms with Crippen LogP contribution in [0.5, 0.6) is 0 Å². The fraction of sp³-hybridized carbons (Fsp3) is 0.312. The van der Waals surface area contributed by atoms with Crippen molar-refractivity contribution >= 4 is 11.8 Å². The number of hydrogen-bond donors (Lipinski definition) is 1. The number of aryl methyl sites for hydroxylation is 2. The van der Waals surface area contributed by atoms with Gasteiger partial charge in [-0.2, -0.15) is 0 Å². The summed E-state index contributed by atoms with van der Waals surface area (Å²) in [7, 11) is 0. The van der Waals surface area contributed by atoms with E-state index in [-0.39, 0.29) is 0 Å². The molecule has 1 heterocycles. The van der Waals surface area contributed by atoms with Gasteiger partial charge in [0.2, 0.25) is 0 Å². The number of nitrogens with zero attached hydrogens (tertiary/aromatic N) is 1. The molecule has 1 N–H and O–H groups in total. The molecule has 0 aliphatic rings. The number of benzene rings is 1. The van der Waals surface area contributed by atoms with Crippen LogP contribution in [0, 0.1) is 13.8 Å². The Morgan fingerprint density at radius 1 is 1.16 bits per heavy atom. The van der Waals surface area contributed by atoms with Crippen LogP contribution >= 0.6 is 11.8 Å². The topological polar surface area (TPSA) is 33.1 Å². The highest BCUT2D eigenvalue weighted by Crippen LogP contribution is 2.23. The molecule has 0 saturated heterocycles. The van der Waals surface area contributed by atoms with Crippen molar-refractivity contribution in [1.82, 2.24) is 4.98 Å². The molecule has 19 heavy (non-hydrogen) atoms. The van der Waals surface area contributed by atoms with Gasteiger partial charge in [-0.15, -0.1) is 11.8 Å². The van der Waals surface area contributed by atoms with E-state index >= 15 is 0 Å². The van der Waals surface area contributed by atoms with E-state index in [0.29, 0.717) is 0 Å². The van der Waals surface area contributed by atoms with Gasteiger partial charge in [-0.25, -0.2) is 4.98 Å². The molecular formula is C16H19NOS. The molecule has 0 amide bonds. The molecule has 0 aliphatic heterocycles. The van der Waals surface area contributed by atoms with E-state index in [1.54, 1.807) is 24.9 Å². The minimum absolute atomic E-state index is 0.453. The summed E-state index contributed by atoms with van der Waals surface area (Å²) in [5, 5.41) is 10.4. The van der Waals surface area contributed by atoms with Crippen LogP contribution in [0.1, 0.15) is 35.3 Å². The molecule has 3 heteroatoms. The maximum absolute atomic E-state index is 9.44. The Hall–Kier alpha value is -1.32. The van der Waals surface area contributed by atoms with E-state index in [0.717, 1.165) is 16.3 Å².